The smallest absolute Gasteiger partial charge is 0.211 e. The number of hydrogen-bond donors (Lipinski definition) is 3. The highest BCUT2D eigenvalue weighted by atomic mass is 16.6. The van der Waals surface area contributed by atoms with Crippen LogP contribution in [-0.2, 0) is 29.4 Å². The second-order valence-electron chi connectivity index (χ2n) is 9.91. The van der Waals surface area contributed by atoms with E-state index in [1.54, 1.807) is 13.2 Å². The number of nitrogens with one attached hydrogen (secondary N) is 2. The summed E-state index contributed by atoms with van der Waals surface area (Å²) in [5, 5.41) is 16.1. The van der Waals surface area contributed by atoms with E-state index >= 15 is 0 Å². The molecule has 5 atom stereocenters. The van der Waals surface area contributed by atoms with Gasteiger partial charge < -0.3 is 34.7 Å². The molecule has 0 unspecified atom stereocenters. The minimum absolute atomic E-state index is 0.105. The van der Waals surface area contributed by atoms with Crippen LogP contribution >= 0.6 is 0 Å². The molecule has 0 aliphatic carbocycles. The van der Waals surface area contributed by atoms with Crippen molar-refractivity contribution in [1.82, 2.24) is 4.90 Å². The van der Waals surface area contributed by atoms with E-state index in [0.717, 1.165) is 30.8 Å². The molecule has 3 N–H and O–H groups in total. The predicted octanol–water partition coefficient (Wildman–Crippen LogP) is 1.84. The second kappa shape index (κ2) is 9.66. The number of ether oxygens (including phenoxy) is 4. The number of rotatable bonds is 8. The number of amides is 1. The fourth-order valence-corrected chi connectivity index (χ4v) is 6.99. The average Bonchev–Trinajstić information content (AvgIpc) is 3.21. The monoisotopic (exact) mass is 501 g/mol. The van der Waals surface area contributed by atoms with Gasteiger partial charge in [-0.1, -0.05) is 13.3 Å². The summed E-state index contributed by atoms with van der Waals surface area (Å²) in [7, 11) is 3.14. The van der Waals surface area contributed by atoms with Crippen LogP contribution in [-0.4, -0.2) is 81.1 Å². The highest BCUT2D eigenvalue weighted by Gasteiger charge is 2.70. The number of hydrogen-bond acceptors (Lipinski definition) is 9. The van der Waals surface area contributed by atoms with Gasteiger partial charge >= 0.3 is 0 Å². The first-order valence-corrected chi connectivity index (χ1v) is 12.6. The Bertz CT molecular complexity index is 1060. The lowest BCUT2D eigenvalue weighted by Gasteiger charge is -2.61. The van der Waals surface area contributed by atoms with Crippen molar-refractivity contribution in [2.24, 2.45) is 11.8 Å². The van der Waals surface area contributed by atoms with Gasteiger partial charge in [0.1, 0.15) is 18.0 Å². The van der Waals surface area contributed by atoms with Crippen LogP contribution in [0.1, 0.15) is 31.7 Å². The van der Waals surface area contributed by atoms with Crippen molar-refractivity contribution in [2.45, 2.75) is 43.6 Å². The maximum atomic E-state index is 12.8. The third kappa shape index (κ3) is 3.53. The Morgan fingerprint density at radius 2 is 2.14 bits per heavy atom. The normalized spacial score (nSPS) is 33.3. The first-order valence-electron chi connectivity index (χ1n) is 12.6. The molecule has 3 saturated heterocycles. The standard InChI is InChI=1S/C26H35N3O7/c1-4-16-12-29-6-5-25-24-20(9-17(27-15-31)10-22(24)34-3)28-26(25,36-8-7-35-25)23(29)11-18(16)19(14-33-2)21(32)13-30/h9-10,14-16,18,23,28,30H,4-8,11-13H2,1-3H3,(H,27,31)/b19-14+/t16-,18+,23+,25+,26+/m1/s1. The van der Waals surface area contributed by atoms with Crippen LogP contribution in [0, 0.1) is 11.8 Å². The number of fused-ring (bicyclic) bond motifs is 2. The number of nitrogens with zero attached hydrogens (tertiary/aromatic N) is 1. The van der Waals surface area contributed by atoms with Gasteiger partial charge in [-0.2, -0.15) is 0 Å². The molecule has 36 heavy (non-hydrogen) atoms. The van der Waals surface area contributed by atoms with E-state index in [9.17, 15) is 14.7 Å². The fraction of sp³-hybridized carbons (Fsp3) is 0.615. The Balaban J connectivity index is 1.61. The molecule has 10 heteroatoms. The van der Waals surface area contributed by atoms with Crippen LogP contribution in [0.5, 0.6) is 5.75 Å². The number of carbonyl (C=O) groups excluding carboxylic acids is 2. The molecule has 4 heterocycles. The number of ketones is 1. The summed E-state index contributed by atoms with van der Waals surface area (Å²) in [5.74, 6) is 0.432. The molecule has 0 spiro atoms. The van der Waals surface area contributed by atoms with Gasteiger partial charge in [0.25, 0.3) is 0 Å². The third-order valence-corrected chi connectivity index (χ3v) is 8.44. The topological polar surface area (TPSA) is 119 Å². The number of aliphatic hydroxyl groups is 1. The lowest BCUT2D eigenvalue weighted by atomic mass is 9.66. The molecule has 3 fully saturated rings. The van der Waals surface area contributed by atoms with Gasteiger partial charge in [-0.3, -0.25) is 14.5 Å². The Kier molecular flexibility index (Phi) is 6.71. The molecule has 4 aliphatic rings. The SMILES string of the molecule is CC[C@@H]1CN2CC[C@@]34OCCO[C@@]3(Nc3cc(NC=O)cc(OC)c34)[C@@H]2C[C@@H]1/C(=C\OC)C(=O)CO. The van der Waals surface area contributed by atoms with Crippen LogP contribution in [0.15, 0.2) is 24.0 Å². The molecule has 10 nitrogen and oxygen atoms in total. The van der Waals surface area contributed by atoms with Crippen molar-refractivity contribution < 1.29 is 33.6 Å². The van der Waals surface area contributed by atoms with Gasteiger partial charge in [-0.05, 0) is 30.7 Å². The Morgan fingerprint density at radius 1 is 1.33 bits per heavy atom. The molecular formula is C26H35N3O7. The molecule has 196 valence electrons. The number of carbonyl (C=O) groups is 2. The zero-order valence-electron chi connectivity index (χ0n) is 21.0. The van der Waals surface area contributed by atoms with Crippen LogP contribution in [0.4, 0.5) is 11.4 Å². The summed E-state index contributed by atoms with van der Waals surface area (Å²) in [6, 6.07) is 3.57. The van der Waals surface area contributed by atoms with Gasteiger partial charge in [0, 0.05) is 36.1 Å². The van der Waals surface area contributed by atoms with E-state index in [2.05, 4.69) is 22.5 Å². The highest BCUT2D eigenvalue weighted by Crippen LogP contribution is 2.62. The quantitative estimate of drug-likeness (QED) is 0.279. The Hall–Kier alpha value is -2.66. The summed E-state index contributed by atoms with van der Waals surface area (Å²) in [6.45, 7) is 4.04. The van der Waals surface area contributed by atoms with E-state index in [-0.39, 0.29) is 23.7 Å². The molecule has 1 aromatic carbocycles. The van der Waals surface area contributed by atoms with Crippen LogP contribution < -0.4 is 15.4 Å². The van der Waals surface area contributed by atoms with Gasteiger partial charge in [-0.15, -0.1) is 0 Å². The Labute approximate surface area is 210 Å². The zero-order valence-corrected chi connectivity index (χ0v) is 21.0. The molecular weight excluding hydrogens is 466 g/mol. The number of piperidine rings is 2. The second-order valence-corrected chi connectivity index (χ2v) is 9.91. The van der Waals surface area contributed by atoms with Crippen molar-refractivity contribution in [3.63, 3.8) is 0 Å². The average molecular weight is 502 g/mol. The minimum Gasteiger partial charge on any atom is -0.504 e. The number of aliphatic hydroxyl groups excluding tert-OH is 1. The number of anilines is 2. The van der Waals surface area contributed by atoms with Crippen LogP contribution in [0.25, 0.3) is 0 Å². The summed E-state index contributed by atoms with van der Waals surface area (Å²) in [6.07, 6.45) is 4.36. The predicted molar refractivity (Wildman–Crippen MR) is 132 cm³/mol. The van der Waals surface area contributed by atoms with E-state index < -0.39 is 17.9 Å². The molecule has 0 aromatic heterocycles. The van der Waals surface area contributed by atoms with E-state index in [4.69, 9.17) is 18.9 Å². The van der Waals surface area contributed by atoms with Crippen molar-refractivity contribution >= 4 is 23.6 Å². The van der Waals surface area contributed by atoms with Crippen molar-refractivity contribution in [3.8, 4) is 5.75 Å². The highest BCUT2D eigenvalue weighted by molar-refractivity contribution is 5.96. The minimum atomic E-state index is -0.906. The molecule has 4 aliphatic heterocycles. The van der Waals surface area contributed by atoms with Crippen molar-refractivity contribution in [1.29, 1.82) is 0 Å². The van der Waals surface area contributed by atoms with Crippen LogP contribution in [0.2, 0.25) is 0 Å². The van der Waals surface area contributed by atoms with Gasteiger partial charge in [0.15, 0.2) is 11.5 Å². The van der Waals surface area contributed by atoms with Crippen molar-refractivity contribution in [2.75, 3.05) is 57.8 Å². The molecule has 5 rings (SSSR count). The van der Waals surface area contributed by atoms with Gasteiger partial charge in [0.05, 0.1) is 45.3 Å². The van der Waals surface area contributed by atoms with Gasteiger partial charge in [-0.25, -0.2) is 0 Å². The van der Waals surface area contributed by atoms with Gasteiger partial charge in [0.2, 0.25) is 6.41 Å². The summed E-state index contributed by atoms with van der Waals surface area (Å²) < 4.78 is 24.4. The number of benzene rings is 1. The first kappa shape index (κ1) is 25.0. The summed E-state index contributed by atoms with van der Waals surface area (Å²) in [5.41, 5.74) is 1.13. The van der Waals surface area contributed by atoms with E-state index in [1.165, 1.54) is 13.4 Å². The zero-order chi connectivity index (χ0) is 25.5. The van der Waals surface area contributed by atoms with E-state index in [1.807, 2.05) is 6.07 Å². The number of Topliss-reactive ketones (excluding diaryl/α,β-unsaturated/α-hetero) is 1. The van der Waals surface area contributed by atoms with Crippen LogP contribution in [0.3, 0.4) is 0 Å². The summed E-state index contributed by atoms with van der Waals surface area (Å²) in [4.78, 5) is 26.4. The lowest BCUT2D eigenvalue weighted by molar-refractivity contribution is -0.297. The maximum absolute atomic E-state index is 12.8. The van der Waals surface area contributed by atoms with E-state index in [0.29, 0.717) is 49.5 Å². The molecule has 0 bridgehead atoms. The third-order valence-electron chi connectivity index (χ3n) is 8.44. The largest absolute Gasteiger partial charge is 0.504 e. The molecule has 0 radical (unpaired) electrons. The lowest BCUT2D eigenvalue weighted by Crippen LogP contribution is -2.75. The Morgan fingerprint density at radius 3 is 2.83 bits per heavy atom. The molecule has 0 saturated carbocycles. The maximum Gasteiger partial charge on any atom is 0.211 e. The summed E-state index contributed by atoms with van der Waals surface area (Å²) >= 11 is 0. The molecule has 1 amide bonds. The van der Waals surface area contributed by atoms with Crippen molar-refractivity contribution in [3.05, 3.63) is 29.5 Å². The fourth-order valence-electron chi connectivity index (χ4n) is 6.99. The molecule has 1 aromatic rings. The number of methoxy groups -OCH3 is 2. The first-order chi connectivity index (χ1) is 17.5.